The Hall–Kier alpha value is -3.33. The number of hydrogen-bond acceptors (Lipinski definition) is 7. The standard InChI is InChI=1S/C23H24N2O6S/c1-13(2)31-20(26)12-24-21(27)19(32-23(24)29)11-17-10-14(3)25(15(17)4)18-8-6-16(7-9-18)22(28)30-5/h6-11,13H,12H2,1-5H3/b19-11-. The van der Waals surface area contributed by atoms with Crippen LogP contribution < -0.4 is 0 Å². The molecule has 3 rings (SSSR count). The van der Waals surface area contributed by atoms with Crippen molar-refractivity contribution < 1.29 is 28.7 Å². The summed E-state index contributed by atoms with van der Waals surface area (Å²) < 4.78 is 11.7. The van der Waals surface area contributed by atoms with Gasteiger partial charge in [0.2, 0.25) is 0 Å². The van der Waals surface area contributed by atoms with E-state index >= 15 is 0 Å². The summed E-state index contributed by atoms with van der Waals surface area (Å²) in [6.45, 7) is 6.81. The van der Waals surface area contributed by atoms with Gasteiger partial charge in [-0.1, -0.05) is 0 Å². The fraction of sp³-hybridized carbons (Fsp3) is 0.304. The molecule has 8 nitrogen and oxygen atoms in total. The average molecular weight is 457 g/mol. The van der Waals surface area contributed by atoms with Crippen molar-refractivity contribution in [2.45, 2.75) is 33.8 Å². The predicted molar refractivity (Wildman–Crippen MR) is 120 cm³/mol. The molecule has 1 aromatic heterocycles. The van der Waals surface area contributed by atoms with E-state index in [0.717, 1.165) is 39.3 Å². The van der Waals surface area contributed by atoms with Crippen molar-refractivity contribution in [3.05, 3.63) is 57.8 Å². The monoisotopic (exact) mass is 456 g/mol. The molecule has 0 aliphatic carbocycles. The number of carbonyl (C=O) groups is 4. The Morgan fingerprint density at radius 3 is 2.38 bits per heavy atom. The van der Waals surface area contributed by atoms with Gasteiger partial charge in [0.15, 0.2) is 0 Å². The summed E-state index contributed by atoms with van der Waals surface area (Å²) in [6, 6.07) is 8.89. The molecule has 0 unspecified atom stereocenters. The lowest BCUT2D eigenvalue weighted by Crippen LogP contribution is -2.35. The van der Waals surface area contributed by atoms with Gasteiger partial charge in [0.1, 0.15) is 6.54 Å². The lowest BCUT2D eigenvalue weighted by atomic mass is 10.2. The number of aryl methyl sites for hydroxylation is 1. The lowest BCUT2D eigenvalue weighted by molar-refractivity contribution is -0.149. The minimum atomic E-state index is -0.628. The van der Waals surface area contributed by atoms with Gasteiger partial charge in [-0.2, -0.15) is 0 Å². The second-order valence-electron chi connectivity index (χ2n) is 7.51. The number of benzene rings is 1. The summed E-state index contributed by atoms with van der Waals surface area (Å²) in [6.07, 6.45) is 1.32. The molecular formula is C23H24N2O6S. The number of carbonyl (C=O) groups excluding carboxylic acids is 4. The predicted octanol–water partition coefficient (Wildman–Crippen LogP) is 3.87. The quantitative estimate of drug-likeness (QED) is 0.481. The number of methoxy groups -OCH3 is 1. The first-order chi connectivity index (χ1) is 15.1. The Bertz CT molecular complexity index is 1110. The number of thioether (sulfide) groups is 1. The van der Waals surface area contributed by atoms with Crippen LogP contribution in [0.15, 0.2) is 35.2 Å². The van der Waals surface area contributed by atoms with E-state index in [1.54, 1.807) is 32.1 Å². The number of hydrogen-bond donors (Lipinski definition) is 0. The zero-order valence-corrected chi connectivity index (χ0v) is 19.3. The molecule has 32 heavy (non-hydrogen) atoms. The molecule has 0 bridgehead atoms. The third-order valence-corrected chi connectivity index (χ3v) is 5.74. The molecule has 0 atom stereocenters. The van der Waals surface area contributed by atoms with Crippen molar-refractivity contribution in [3.63, 3.8) is 0 Å². The first-order valence-electron chi connectivity index (χ1n) is 9.95. The largest absolute Gasteiger partial charge is 0.465 e. The molecule has 2 aromatic rings. The Balaban J connectivity index is 1.86. The highest BCUT2D eigenvalue weighted by Gasteiger charge is 2.37. The number of imide groups is 1. The van der Waals surface area contributed by atoms with E-state index in [1.165, 1.54) is 7.11 Å². The highest BCUT2D eigenvalue weighted by atomic mass is 32.2. The van der Waals surface area contributed by atoms with E-state index in [-0.39, 0.29) is 11.0 Å². The average Bonchev–Trinajstić information content (AvgIpc) is 3.16. The molecule has 2 heterocycles. The van der Waals surface area contributed by atoms with Crippen molar-refractivity contribution in [3.8, 4) is 5.69 Å². The first-order valence-corrected chi connectivity index (χ1v) is 10.8. The van der Waals surface area contributed by atoms with Gasteiger partial charge >= 0.3 is 11.9 Å². The second-order valence-corrected chi connectivity index (χ2v) is 8.50. The number of nitrogens with zero attached hydrogens (tertiary/aromatic N) is 2. The van der Waals surface area contributed by atoms with Crippen LogP contribution in [-0.2, 0) is 19.1 Å². The number of esters is 2. The summed E-state index contributed by atoms with van der Waals surface area (Å²) in [7, 11) is 1.33. The normalized spacial score (nSPS) is 15.1. The molecule has 168 valence electrons. The van der Waals surface area contributed by atoms with Crippen molar-refractivity contribution >= 4 is 40.9 Å². The molecule has 1 saturated heterocycles. The van der Waals surface area contributed by atoms with Crippen molar-refractivity contribution in [2.75, 3.05) is 13.7 Å². The number of amides is 2. The molecule has 1 aromatic carbocycles. The van der Waals surface area contributed by atoms with E-state index in [4.69, 9.17) is 9.47 Å². The van der Waals surface area contributed by atoms with Crippen LogP contribution in [0.3, 0.4) is 0 Å². The third-order valence-electron chi connectivity index (χ3n) is 4.83. The van der Waals surface area contributed by atoms with Gasteiger partial charge in [0.25, 0.3) is 11.1 Å². The van der Waals surface area contributed by atoms with Gasteiger partial charge < -0.3 is 14.0 Å². The number of aromatic nitrogens is 1. The molecule has 0 saturated carbocycles. The van der Waals surface area contributed by atoms with Crippen LogP contribution in [0.4, 0.5) is 4.79 Å². The zero-order valence-electron chi connectivity index (χ0n) is 18.5. The number of ether oxygens (including phenoxy) is 2. The maximum atomic E-state index is 12.7. The van der Waals surface area contributed by atoms with E-state index in [2.05, 4.69) is 0 Å². The van der Waals surface area contributed by atoms with Crippen LogP contribution in [-0.4, -0.2) is 52.3 Å². The Kier molecular flexibility index (Phi) is 6.88. The fourth-order valence-electron chi connectivity index (χ4n) is 3.40. The van der Waals surface area contributed by atoms with Crippen LogP contribution >= 0.6 is 11.8 Å². The van der Waals surface area contributed by atoms with Gasteiger partial charge in [-0.25, -0.2) is 4.79 Å². The van der Waals surface area contributed by atoms with Gasteiger partial charge in [-0.15, -0.1) is 0 Å². The fourth-order valence-corrected chi connectivity index (χ4v) is 4.23. The Morgan fingerprint density at radius 1 is 1.12 bits per heavy atom. The molecule has 0 radical (unpaired) electrons. The van der Waals surface area contributed by atoms with Crippen LogP contribution in [0, 0.1) is 13.8 Å². The topological polar surface area (TPSA) is 94.9 Å². The maximum Gasteiger partial charge on any atom is 0.337 e. The van der Waals surface area contributed by atoms with Gasteiger partial charge in [0.05, 0.1) is 23.7 Å². The van der Waals surface area contributed by atoms with Crippen molar-refractivity contribution in [1.29, 1.82) is 0 Å². The summed E-state index contributed by atoms with van der Waals surface area (Å²) in [5.41, 5.74) is 3.84. The minimum Gasteiger partial charge on any atom is -0.465 e. The molecule has 0 spiro atoms. The van der Waals surface area contributed by atoms with Gasteiger partial charge in [0, 0.05) is 17.1 Å². The summed E-state index contributed by atoms with van der Waals surface area (Å²) in [5, 5.41) is -0.505. The molecule has 9 heteroatoms. The van der Waals surface area contributed by atoms with E-state index in [0.29, 0.717) is 5.56 Å². The van der Waals surface area contributed by atoms with Crippen LogP contribution in [0.2, 0.25) is 0 Å². The summed E-state index contributed by atoms with van der Waals surface area (Å²) >= 11 is 0.795. The first kappa shape index (κ1) is 23.3. The lowest BCUT2D eigenvalue weighted by Gasteiger charge is -2.13. The van der Waals surface area contributed by atoms with Gasteiger partial charge in [-0.3, -0.25) is 19.3 Å². The van der Waals surface area contributed by atoms with Crippen LogP contribution in [0.5, 0.6) is 0 Å². The van der Waals surface area contributed by atoms with Crippen molar-refractivity contribution in [2.24, 2.45) is 0 Å². The van der Waals surface area contributed by atoms with Gasteiger partial charge in [-0.05, 0) is 81.4 Å². The molecular weight excluding hydrogens is 432 g/mol. The van der Waals surface area contributed by atoms with E-state index < -0.39 is 29.6 Å². The Labute approximate surface area is 190 Å². The number of rotatable bonds is 6. The third kappa shape index (κ3) is 4.77. The molecule has 1 aliphatic heterocycles. The highest BCUT2D eigenvalue weighted by molar-refractivity contribution is 8.18. The summed E-state index contributed by atoms with van der Waals surface area (Å²) in [5.74, 6) is -1.56. The maximum absolute atomic E-state index is 12.7. The Morgan fingerprint density at radius 2 is 1.78 bits per heavy atom. The minimum absolute atomic E-state index is 0.244. The molecule has 2 amide bonds. The molecule has 1 aliphatic rings. The van der Waals surface area contributed by atoms with E-state index in [1.807, 2.05) is 36.6 Å². The smallest absolute Gasteiger partial charge is 0.337 e. The second kappa shape index (κ2) is 9.44. The zero-order chi connectivity index (χ0) is 23.6. The molecule has 1 fully saturated rings. The van der Waals surface area contributed by atoms with E-state index in [9.17, 15) is 19.2 Å². The summed E-state index contributed by atoms with van der Waals surface area (Å²) in [4.78, 5) is 49.7. The van der Waals surface area contributed by atoms with Crippen LogP contribution in [0.1, 0.15) is 41.2 Å². The highest BCUT2D eigenvalue weighted by Crippen LogP contribution is 2.33. The molecule has 0 N–H and O–H groups in total. The van der Waals surface area contributed by atoms with Crippen LogP contribution in [0.25, 0.3) is 11.8 Å². The van der Waals surface area contributed by atoms with Crippen molar-refractivity contribution in [1.82, 2.24) is 9.47 Å². The SMILES string of the molecule is COC(=O)c1ccc(-n2c(C)cc(/C=C3\SC(=O)N(CC(=O)OC(C)C)C3=O)c2C)cc1.